The van der Waals surface area contributed by atoms with Crippen molar-refractivity contribution in [2.75, 3.05) is 24.3 Å². The maximum Gasteiger partial charge on any atom is 0.232 e. The normalized spacial score (nSPS) is 12.9. The number of rotatable bonds is 3. The zero-order valence-electron chi connectivity index (χ0n) is 14.2. The van der Waals surface area contributed by atoms with Crippen LogP contribution in [0.2, 0.25) is 0 Å². The molecule has 8 nitrogen and oxygen atoms in total. The number of nitrogens with one attached hydrogen (secondary N) is 1. The third-order valence-corrected chi connectivity index (χ3v) is 4.10. The highest BCUT2D eigenvalue weighted by Crippen LogP contribution is 2.33. The molecule has 134 valence electrons. The molecule has 0 saturated heterocycles. The highest BCUT2D eigenvalue weighted by atomic mass is 16.6. The van der Waals surface area contributed by atoms with Crippen LogP contribution in [0.1, 0.15) is 0 Å². The third kappa shape index (κ3) is 2.97. The van der Waals surface area contributed by atoms with Crippen LogP contribution >= 0.6 is 0 Å². The summed E-state index contributed by atoms with van der Waals surface area (Å²) in [7, 11) is 0. The predicted octanol–water partition coefficient (Wildman–Crippen LogP) is 3.38. The van der Waals surface area contributed by atoms with Crippen LogP contribution in [0.25, 0.3) is 22.6 Å². The number of furan rings is 1. The van der Waals surface area contributed by atoms with Crippen molar-refractivity contribution < 1.29 is 13.9 Å². The molecule has 0 bridgehead atoms. The molecule has 0 atom stereocenters. The van der Waals surface area contributed by atoms with Crippen molar-refractivity contribution in [1.29, 1.82) is 0 Å². The van der Waals surface area contributed by atoms with Gasteiger partial charge in [-0.15, -0.1) is 0 Å². The van der Waals surface area contributed by atoms with Crippen molar-refractivity contribution in [3.05, 3.63) is 48.5 Å². The number of nitrogens with two attached hydrogens (primary N) is 1. The molecule has 0 fully saturated rings. The average Bonchev–Trinajstić information content (AvgIpc) is 3.12. The SMILES string of the molecule is Nc1nc(Nc2ccc3c(c2)OCCO3)nc(-c2cc3ccccc3o2)n1. The number of ether oxygens (including phenoxy) is 2. The van der Waals surface area contributed by atoms with Gasteiger partial charge in [-0.3, -0.25) is 0 Å². The van der Waals surface area contributed by atoms with Gasteiger partial charge in [-0.2, -0.15) is 15.0 Å². The van der Waals surface area contributed by atoms with Crippen LogP contribution in [-0.4, -0.2) is 28.2 Å². The van der Waals surface area contributed by atoms with Crippen molar-refractivity contribution in [2.45, 2.75) is 0 Å². The molecule has 0 amide bonds. The number of aromatic nitrogens is 3. The first-order chi connectivity index (χ1) is 13.2. The number of nitrogens with zero attached hydrogens (tertiary/aromatic N) is 3. The summed E-state index contributed by atoms with van der Waals surface area (Å²) in [6.45, 7) is 1.07. The van der Waals surface area contributed by atoms with Crippen LogP contribution in [0.5, 0.6) is 11.5 Å². The highest BCUT2D eigenvalue weighted by Gasteiger charge is 2.14. The van der Waals surface area contributed by atoms with Crippen molar-refractivity contribution in [3.63, 3.8) is 0 Å². The van der Waals surface area contributed by atoms with Gasteiger partial charge in [-0.25, -0.2) is 0 Å². The minimum atomic E-state index is 0.0977. The Balaban J connectivity index is 1.48. The fourth-order valence-corrected chi connectivity index (χ4v) is 2.90. The number of anilines is 3. The minimum Gasteiger partial charge on any atom is -0.486 e. The summed E-state index contributed by atoms with van der Waals surface area (Å²) >= 11 is 0. The number of para-hydroxylation sites is 1. The maximum absolute atomic E-state index is 5.87. The molecule has 27 heavy (non-hydrogen) atoms. The van der Waals surface area contributed by atoms with Crippen molar-refractivity contribution in [1.82, 2.24) is 15.0 Å². The summed E-state index contributed by atoms with van der Waals surface area (Å²) in [5.41, 5.74) is 7.37. The fraction of sp³-hybridized carbons (Fsp3) is 0.105. The number of fused-ring (bicyclic) bond motifs is 2. The first kappa shape index (κ1) is 15.4. The van der Waals surface area contributed by atoms with Gasteiger partial charge in [0.15, 0.2) is 17.3 Å². The lowest BCUT2D eigenvalue weighted by Gasteiger charge is -2.19. The lowest BCUT2D eigenvalue weighted by Crippen LogP contribution is -2.15. The molecular formula is C19H15N5O3. The van der Waals surface area contributed by atoms with E-state index >= 15 is 0 Å². The Morgan fingerprint density at radius 3 is 2.63 bits per heavy atom. The molecule has 3 heterocycles. The van der Waals surface area contributed by atoms with Crippen molar-refractivity contribution in [3.8, 4) is 23.1 Å². The van der Waals surface area contributed by atoms with Gasteiger partial charge in [0.2, 0.25) is 17.7 Å². The first-order valence-electron chi connectivity index (χ1n) is 8.42. The quantitative estimate of drug-likeness (QED) is 0.572. The lowest BCUT2D eigenvalue weighted by molar-refractivity contribution is 0.171. The van der Waals surface area contributed by atoms with Crippen molar-refractivity contribution in [2.24, 2.45) is 0 Å². The molecule has 5 rings (SSSR count). The van der Waals surface area contributed by atoms with Crippen LogP contribution in [0.15, 0.2) is 52.9 Å². The Hall–Kier alpha value is -3.81. The van der Waals surface area contributed by atoms with E-state index in [4.69, 9.17) is 19.6 Å². The topological polar surface area (TPSA) is 108 Å². The van der Waals surface area contributed by atoms with E-state index in [0.717, 1.165) is 16.7 Å². The molecule has 0 radical (unpaired) electrons. The Morgan fingerprint density at radius 2 is 1.74 bits per heavy atom. The smallest absolute Gasteiger partial charge is 0.232 e. The summed E-state index contributed by atoms with van der Waals surface area (Å²) < 4.78 is 16.9. The maximum atomic E-state index is 5.87. The molecule has 2 aromatic heterocycles. The van der Waals surface area contributed by atoms with Gasteiger partial charge in [-0.1, -0.05) is 18.2 Å². The third-order valence-electron chi connectivity index (χ3n) is 4.10. The van der Waals surface area contributed by atoms with E-state index in [1.165, 1.54) is 0 Å². The van der Waals surface area contributed by atoms with Gasteiger partial charge < -0.3 is 24.9 Å². The standard InChI is InChI=1S/C19H15N5O3/c20-18-22-17(16-9-11-3-1-2-4-13(11)27-16)23-19(24-18)21-12-5-6-14-15(10-12)26-8-7-25-14/h1-6,9-10H,7-8H2,(H3,20,21,22,23,24). The Kier molecular flexibility index (Phi) is 3.53. The Morgan fingerprint density at radius 1 is 0.889 bits per heavy atom. The molecule has 0 aliphatic carbocycles. The molecular weight excluding hydrogens is 346 g/mol. The van der Waals surface area contributed by atoms with Crippen LogP contribution in [0.3, 0.4) is 0 Å². The second-order valence-electron chi connectivity index (χ2n) is 5.97. The molecule has 4 aromatic rings. The van der Waals surface area contributed by atoms with E-state index in [0.29, 0.717) is 42.2 Å². The highest BCUT2D eigenvalue weighted by molar-refractivity contribution is 5.81. The van der Waals surface area contributed by atoms with Crippen molar-refractivity contribution >= 4 is 28.6 Å². The number of hydrogen-bond donors (Lipinski definition) is 2. The molecule has 1 aliphatic rings. The van der Waals surface area contributed by atoms with Gasteiger partial charge in [0.1, 0.15) is 18.8 Å². The van der Waals surface area contributed by atoms with Gasteiger partial charge in [0.25, 0.3) is 0 Å². The minimum absolute atomic E-state index is 0.0977. The molecule has 0 spiro atoms. The van der Waals surface area contributed by atoms with E-state index in [2.05, 4.69) is 20.3 Å². The van der Waals surface area contributed by atoms with E-state index in [1.54, 1.807) is 0 Å². The number of hydrogen-bond acceptors (Lipinski definition) is 8. The second-order valence-corrected chi connectivity index (χ2v) is 5.97. The summed E-state index contributed by atoms with van der Waals surface area (Å²) in [6, 6.07) is 15.1. The molecule has 1 aliphatic heterocycles. The second kappa shape index (κ2) is 6.17. The Bertz CT molecular complexity index is 1110. The number of nitrogen functional groups attached to an aromatic ring is 1. The zero-order chi connectivity index (χ0) is 18.2. The lowest BCUT2D eigenvalue weighted by atomic mass is 10.2. The zero-order valence-corrected chi connectivity index (χ0v) is 14.2. The van der Waals surface area contributed by atoms with Crippen LogP contribution in [0, 0.1) is 0 Å². The van der Waals surface area contributed by atoms with Crippen LogP contribution < -0.4 is 20.5 Å². The van der Waals surface area contributed by atoms with E-state index in [-0.39, 0.29) is 5.95 Å². The Labute approximate surface area is 154 Å². The average molecular weight is 361 g/mol. The van der Waals surface area contributed by atoms with Crippen LogP contribution in [0.4, 0.5) is 17.6 Å². The molecule has 2 aromatic carbocycles. The fourth-order valence-electron chi connectivity index (χ4n) is 2.90. The summed E-state index contributed by atoms with van der Waals surface area (Å²) in [5, 5.41) is 4.08. The molecule has 0 unspecified atom stereocenters. The van der Waals surface area contributed by atoms with E-state index in [9.17, 15) is 0 Å². The van der Waals surface area contributed by atoms with Gasteiger partial charge in [0, 0.05) is 17.1 Å². The number of benzene rings is 2. The summed E-state index contributed by atoms with van der Waals surface area (Å²) in [6.07, 6.45) is 0. The van der Waals surface area contributed by atoms with Gasteiger partial charge in [-0.05, 0) is 24.3 Å². The summed E-state index contributed by atoms with van der Waals surface area (Å²) in [5.74, 6) is 2.68. The molecule has 0 saturated carbocycles. The van der Waals surface area contributed by atoms with Crippen LogP contribution in [-0.2, 0) is 0 Å². The summed E-state index contributed by atoms with van der Waals surface area (Å²) in [4.78, 5) is 12.8. The van der Waals surface area contributed by atoms with E-state index < -0.39 is 0 Å². The monoisotopic (exact) mass is 361 g/mol. The first-order valence-corrected chi connectivity index (χ1v) is 8.42. The van der Waals surface area contributed by atoms with Gasteiger partial charge in [0.05, 0.1) is 0 Å². The largest absolute Gasteiger partial charge is 0.486 e. The molecule has 3 N–H and O–H groups in total. The molecule has 8 heteroatoms. The van der Waals surface area contributed by atoms with Gasteiger partial charge >= 0.3 is 0 Å². The van der Waals surface area contributed by atoms with E-state index in [1.807, 2.05) is 48.5 Å². The predicted molar refractivity (Wildman–Crippen MR) is 100 cm³/mol.